The summed E-state index contributed by atoms with van der Waals surface area (Å²) in [5.41, 5.74) is 17.6. The lowest BCUT2D eigenvalue weighted by Crippen LogP contribution is -2.15. The van der Waals surface area contributed by atoms with Gasteiger partial charge in [-0.05, 0) is 116 Å². The molecule has 0 spiro atoms. The Morgan fingerprint density at radius 1 is 0.359 bits per heavy atom. The lowest BCUT2D eigenvalue weighted by molar-refractivity contribution is 0.590. The Hall–Kier alpha value is -7.94. The summed E-state index contributed by atoms with van der Waals surface area (Å²) in [6, 6.07) is 86.6. The minimum Gasteiger partial charge on any atom is -0.309 e. The number of anilines is 3. The van der Waals surface area contributed by atoms with Gasteiger partial charge < -0.3 is 9.47 Å². The maximum Gasteiger partial charge on any atom is 0.0541 e. The van der Waals surface area contributed by atoms with E-state index in [0.29, 0.717) is 0 Å². The van der Waals surface area contributed by atoms with Crippen molar-refractivity contribution in [1.29, 1.82) is 0 Å². The van der Waals surface area contributed by atoms with E-state index in [1.54, 1.807) is 0 Å². The summed E-state index contributed by atoms with van der Waals surface area (Å²) in [7, 11) is 0. The van der Waals surface area contributed by atoms with Crippen molar-refractivity contribution in [2.24, 2.45) is 0 Å². The summed E-state index contributed by atoms with van der Waals surface area (Å²) < 4.78 is 2.38. The van der Waals surface area contributed by atoms with Crippen molar-refractivity contribution in [2.75, 3.05) is 4.90 Å². The molecule has 0 aliphatic rings. The van der Waals surface area contributed by atoms with Crippen LogP contribution in [0.5, 0.6) is 0 Å². The van der Waals surface area contributed by atoms with Crippen LogP contribution in [0.1, 0.15) is 26.3 Å². The van der Waals surface area contributed by atoms with Gasteiger partial charge in [0.2, 0.25) is 0 Å². The lowest BCUT2D eigenvalue weighted by Gasteiger charge is -2.32. The fourth-order valence-corrected chi connectivity index (χ4v) is 9.61. The van der Waals surface area contributed by atoms with Gasteiger partial charge in [-0.25, -0.2) is 0 Å². The van der Waals surface area contributed by atoms with Crippen molar-refractivity contribution in [3.8, 4) is 50.2 Å². The number of hydrogen-bond donors (Lipinski definition) is 0. The van der Waals surface area contributed by atoms with Gasteiger partial charge in [-0.15, -0.1) is 0 Å². The Bertz CT molecular complexity index is 3460. The molecular weight excluding hydrogens is 773 g/mol. The summed E-state index contributed by atoms with van der Waals surface area (Å²) in [5, 5.41) is 4.93. The Kier molecular flexibility index (Phi) is 9.78. The molecule has 1 aromatic heterocycles. The van der Waals surface area contributed by atoms with E-state index in [2.05, 4.69) is 267 Å². The van der Waals surface area contributed by atoms with E-state index >= 15 is 0 Å². The second-order valence-electron chi connectivity index (χ2n) is 17.7. The predicted octanol–water partition coefficient (Wildman–Crippen LogP) is 17.4. The first kappa shape index (κ1) is 38.9. The van der Waals surface area contributed by atoms with Gasteiger partial charge in [0, 0.05) is 33.3 Å². The van der Waals surface area contributed by atoms with Gasteiger partial charge in [0.15, 0.2) is 0 Å². The Morgan fingerprint density at radius 2 is 0.922 bits per heavy atom. The molecule has 0 aliphatic heterocycles. The molecule has 64 heavy (non-hydrogen) atoms. The number of rotatable bonds is 8. The van der Waals surface area contributed by atoms with Crippen LogP contribution in [0.2, 0.25) is 0 Å². The highest BCUT2D eigenvalue weighted by molar-refractivity contribution is 6.11. The van der Waals surface area contributed by atoms with E-state index in [1.807, 2.05) is 0 Å². The van der Waals surface area contributed by atoms with E-state index in [4.69, 9.17) is 0 Å². The molecule has 0 bridgehead atoms. The van der Waals surface area contributed by atoms with Crippen molar-refractivity contribution < 1.29 is 0 Å². The number of hydrogen-bond acceptors (Lipinski definition) is 1. The molecule has 2 nitrogen and oxygen atoms in total. The third kappa shape index (κ3) is 6.94. The van der Waals surface area contributed by atoms with Crippen molar-refractivity contribution in [3.63, 3.8) is 0 Å². The van der Waals surface area contributed by atoms with Gasteiger partial charge in [-0.2, -0.15) is 0 Å². The molecule has 0 radical (unpaired) electrons. The monoisotopic (exact) mass is 820 g/mol. The molecule has 0 atom stereocenters. The van der Waals surface area contributed by atoms with Crippen LogP contribution in [0.4, 0.5) is 17.1 Å². The van der Waals surface area contributed by atoms with Crippen LogP contribution < -0.4 is 4.90 Å². The molecule has 0 aliphatic carbocycles. The number of benzene rings is 10. The van der Waals surface area contributed by atoms with Crippen LogP contribution in [0.15, 0.2) is 237 Å². The molecular formula is C62H48N2. The number of aromatic nitrogens is 1. The zero-order chi connectivity index (χ0) is 43.2. The van der Waals surface area contributed by atoms with Crippen LogP contribution >= 0.6 is 0 Å². The molecule has 0 saturated heterocycles. The number of para-hydroxylation sites is 3. The van der Waals surface area contributed by atoms with Gasteiger partial charge >= 0.3 is 0 Å². The molecule has 306 valence electrons. The van der Waals surface area contributed by atoms with Crippen molar-refractivity contribution in [1.82, 2.24) is 4.57 Å². The highest BCUT2D eigenvalue weighted by atomic mass is 15.1. The average molecular weight is 821 g/mol. The lowest BCUT2D eigenvalue weighted by atomic mass is 9.84. The minimum atomic E-state index is -0.0379. The minimum absolute atomic E-state index is 0.0379. The second kappa shape index (κ2) is 16.1. The van der Waals surface area contributed by atoms with Crippen LogP contribution in [0.25, 0.3) is 82.8 Å². The summed E-state index contributed by atoms with van der Waals surface area (Å²) in [6.07, 6.45) is 0. The number of nitrogens with zero attached hydrogens (tertiary/aromatic N) is 2. The second-order valence-corrected chi connectivity index (χ2v) is 17.7. The SMILES string of the molecule is CC(C)(C)c1ccc(N(c2cccc(-c3ccc4c(c3)c3ccccc3n4-c3ccccc3)c2)c2ccccc2-c2cccc3cccc(-c4ccccc4)c23)c(-c2ccccc2)c1. The van der Waals surface area contributed by atoms with Gasteiger partial charge in [0.1, 0.15) is 0 Å². The predicted molar refractivity (Wildman–Crippen MR) is 273 cm³/mol. The topological polar surface area (TPSA) is 8.17 Å². The molecule has 0 N–H and O–H groups in total. The van der Waals surface area contributed by atoms with E-state index in [1.165, 1.54) is 71.5 Å². The number of fused-ring (bicyclic) bond motifs is 4. The third-order valence-corrected chi connectivity index (χ3v) is 12.7. The molecule has 2 heteroatoms. The quantitative estimate of drug-likeness (QED) is 0.148. The maximum atomic E-state index is 2.50. The van der Waals surface area contributed by atoms with Crippen molar-refractivity contribution in [2.45, 2.75) is 26.2 Å². The summed E-state index contributed by atoms with van der Waals surface area (Å²) in [6.45, 7) is 6.89. The van der Waals surface area contributed by atoms with E-state index < -0.39 is 0 Å². The molecule has 11 aromatic rings. The van der Waals surface area contributed by atoms with Crippen LogP contribution in [-0.2, 0) is 5.41 Å². The third-order valence-electron chi connectivity index (χ3n) is 12.7. The highest BCUT2D eigenvalue weighted by Crippen LogP contribution is 2.48. The normalized spacial score (nSPS) is 11.7. The molecule has 0 unspecified atom stereocenters. The van der Waals surface area contributed by atoms with Crippen LogP contribution in [0, 0.1) is 0 Å². The van der Waals surface area contributed by atoms with Gasteiger partial charge in [0.25, 0.3) is 0 Å². The Balaban J connectivity index is 1.15. The van der Waals surface area contributed by atoms with E-state index in [-0.39, 0.29) is 5.41 Å². The summed E-state index contributed by atoms with van der Waals surface area (Å²) in [4.78, 5) is 2.50. The molecule has 0 amide bonds. The Morgan fingerprint density at radius 3 is 1.67 bits per heavy atom. The van der Waals surface area contributed by atoms with Gasteiger partial charge in [-0.1, -0.05) is 197 Å². The smallest absolute Gasteiger partial charge is 0.0541 e. The molecule has 0 saturated carbocycles. The molecule has 10 aromatic carbocycles. The first-order chi connectivity index (χ1) is 31.4. The van der Waals surface area contributed by atoms with Gasteiger partial charge in [-0.3, -0.25) is 0 Å². The van der Waals surface area contributed by atoms with Crippen LogP contribution in [-0.4, -0.2) is 4.57 Å². The van der Waals surface area contributed by atoms with Crippen molar-refractivity contribution in [3.05, 3.63) is 242 Å². The summed E-state index contributed by atoms with van der Waals surface area (Å²) in [5.74, 6) is 0. The zero-order valence-corrected chi connectivity index (χ0v) is 36.4. The standard InChI is InChI=1S/C62H48N2/c1-62(2,3)48-37-39-59(55(42-48)44-22-9-5-10-23-44)64(57-34-15-13-30-52(57)54-33-19-25-45-24-18-32-51(61(45)54)43-20-7-4-8-21-43)50-29-17-26-46(40-50)47-36-38-60-56(41-47)53-31-14-16-35-58(53)63(60)49-27-11-6-12-28-49/h4-42H,1-3H3. The Labute approximate surface area is 376 Å². The average Bonchev–Trinajstić information content (AvgIpc) is 3.68. The van der Waals surface area contributed by atoms with Crippen molar-refractivity contribution >= 4 is 49.6 Å². The van der Waals surface area contributed by atoms with E-state index in [9.17, 15) is 0 Å². The molecule has 1 heterocycles. The fraction of sp³-hybridized carbons (Fsp3) is 0.0645. The van der Waals surface area contributed by atoms with Gasteiger partial charge in [0.05, 0.1) is 22.4 Å². The largest absolute Gasteiger partial charge is 0.309 e. The first-order valence-electron chi connectivity index (χ1n) is 22.3. The van der Waals surface area contributed by atoms with E-state index in [0.717, 1.165) is 33.9 Å². The highest BCUT2D eigenvalue weighted by Gasteiger charge is 2.25. The molecule has 0 fully saturated rings. The fourth-order valence-electron chi connectivity index (χ4n) is 9.61. The zero-order valence-electron chi connectivity index (χ0n) is 36.4. The van der Waals surface area contributed by atoms with Crippen LogP contribution in [0.3, 0.4) is 0 Å². The first-order valence-corrected chi connectivity index (χ1v) is 22.3. The molecule has 11 rings (SSSR count). The summed E-state index contributed by atoms with van der Waals surface area (Å²) >= 11 is 0. The maximum absolute atomic E-state index is 2.50.